The first-order chi connectivity index (χ1) is 12.9. The standard InChI is InChI=1S/C18H25F3N4O3/c1-17(2,3)28-16(26)24-11-6-10(18(19,20)21)8-25(9-11)14-12-4-5-27-15(12)23-7-13(14)22/h7,10-11H,4-6,8-9,22H2,1-3H3,(H,24,26)/t10-,11?/m1/s1. The molecule has 0 aromatic carbocycles. The quantitative estimate of drug-likeness (QED) is 0.791. The van der Waals surface area contributed by atoms with E-state index in [4.69, 9.17) is 15.2 Å². The predicted molar refractivity (Wildman–Crippen MR) is 97.4 cm³/mol. The molecule has 2 aliphatic heterocycles. The Hall–Kier alpha value is -2.39. The van der Waals surface area contributed by atoms with Crippen LogP contribution >= 0.6 is 0 Å². The Morgan fingerprint density at radius 2 is 2.07 bits per heavy atom. The summed E-state index contributed by atoms with van der Waals surface area (Å²) in [4.78, 5) is 17.8. The maximum Gasteiger partial charge on any atom is 0.407 e. The number of rotatable bonds is 2. The molecular weight excluding hydrogens is 377 g/mol. The van der Waals surface area contributed by atoms with Gasteiger partial charge in [0.2, 0.25) is 5.88 Å². The van der Waals surface area contributed by atoms with Gasteiger partial charge in [0.05, 0.1) is 36.1 Å². The van der Waals surface area contributed by atoms with Crippen molar-refractivity contribution in [1.82, 2.24) is 10.3 Å². The van der Waals surface area contributed by atoms with E-state index in [1.54, 1.807) is 25.7 Å². The molecule has 0 radical (unpaired) electrons. The van der Waals surface area contributed by atoms with Crippen LogP contribution in [-0.4, -0.2) is 48.6 Å². The number of alkyl halides is 3. The van der Waals surface area contributed by atoms with Crippen LogP contribution in [0.15, 0.2) is 6.20 Å². The topological polar surface area (TPSA) is 89.7 Å². The van der Waals surface area contributed by atoms with Gasteiger partial charge in [0.1, 0.15) is 5.60 Å². The van der Waals surface area contributed by atoms with Crippen molar-refractivity contribution in [3.63, 3.8) is 0 Å². The first kappa shape index (κ1) is 20.3. The van der Waals surface area contributed by atoms with Crippen molar-refractivity contribution in [1.29, 1.82) is 0 Å². The molecule has 3 heterocycles. The average Bonchev–Trinajstić information content (AvgIpc) is 3.00. The maximum atomic E-state index is 13.5. The Balaban J connectivity index is 1.86. The molecule has 2 atom stereocenters. The lowest BCUT2D eigenvalue weighted by atomic mass is 9.92. The molecule has 1 fully saturated rings. The molecule has 1 amide bonds. The number of anilines is 2. The molecule has 1 aromatic rings. The highest BCUT2D eigenvalue weighted by atomic mass is 19.4. The van der Waals surface area contributed by atoms with Gasteiger partial charge >= 0.3 is 12.3 Å². The van der Waals surface area contributed by atoms with Crippen molar-refractivity contribution < 1.29 is 27.4 Å². The van der Waals surface area contributed by atoms with Crippen LogP contribution in [-0.2, 0) is 11.2 Å². The summed E-state index contributed by atoms with van der Waals surface area (Å²) < 4.78 is 51.3. The minimum absolute atomic E-state index is 0.187. The number of hydrogen-bond acceptors (Lipinski definition) is 6. The summed E-state index contributed by atoms with van der Waals surface area (Å²) in [6.07, 6.45) is -3.43. The van der Waals surface area contributed by atoms with Gasteiger partial charge < -0.3 is 25.4 Å². The number of alkyl carbamates (subject to hydrolysis) is 1. The molecule has 2 aliphatic rings. The Bertz CT molecular complexity index is 749. The number of hydrogen-bond donors (Lipinski definition) is 2. The van der Waals surface area contributed by atoms with Crippen LogP contribution in [0.5, 0.6) is 5.88 Å². The van der Waals surface area contributed by atoms with Crippen molar-refractivity contribution in [2.75, 3.05) is 30.3 Å². The van der Waals surface area contributed by atoms with Crippen LogP contribution in [0.25, 0.3) is 0 Å². The first-order valence-corrected chi connectivity index (χ1v) is 9.15. The predicted octanol–water partition coefficient (Wildman–Crippen LogP) is 2.88. The minimum atomic E-state index is -4.39. The highest BCUT2D eigenvalue weighted by Gasteiger charge is 2.46. The third-order valence-electron chi connectivity index (χ3n) is 4.68. The molecule has 3 rings (SSSR count). The average molecular weight is 402 g/mol. The van der Waals surface area contributed by atoms with Crippen LogP contribution in [0.4, 0.5) is 29.3 Å². The second-order valence-electron chi connectivity index (χ2n) is 8.17. The summed E-state index contributed by atoms with van der Waals surface area (Å²) >= 11 is 0. The smallest absolute Gasteiger partial charge is 0.407 e. The van der Waals surface area contributed by atoms with Gasteiger partial charge in [-0.1, -0.05) is 0 Å². The van der Waals surface area contributed by atoms with Crippen LogP contribution in [0, 0.1) is 5.92 Å². The van der Waals surface area contributed by atoms with Gasteiger partial charge in [0.25, 0.3) is 0 Å². The van der Waals surface area contributed by atoms with E-state index in [1.165, 1.54) is 6.20 Å². The fourth-order valence-electron chi connectivity index (χ4n) is 3.61. The molecule has 156 valence electrons. The molecule has 10 heteroatoms. The molecule has 3 N–H and O–H groups in total. The molecule has 1 saturated heterocycles. The van der Waals surface area contributed by atoms with Crippen molar-refractivity contribution >= 4 is 17.5 Å². The summed E-state index contributed by atoms with van der Waals surface area (Å²) in [7, 11) is 0. The third-order valence-corrected chi connectivity index (χ3v) is 4.68. The SMILES string of the molecule is CC(C)(C)OC(=O)NC1C[C@@H](C(F)(F)F)CN(c2c(N)cnc3c2CCO3)C1. The first-order valence-electron chi connectivity index (χ1n) is 9.15. The molecule has 0 spiro atoms. The van der Waals surface area contributed by atoms with Crippen LogP contribution in [0.2, 0.25) is 0 Å². The number of carbonyl (C=O) groups is 1. The van der Waals surface area contributed by atoms with Crippen molar-refractivity contribution in [2.24, 2.45) is 5.92 Å². The van der Waals surface area contributed by atoms with Gasteiger partial charge in [0.15, 0.2) is 0 Å². The zero-order chi connectivity index (χ0) is 20.7. The van der Waals surface area contributed by atoms with E-state index in [1.807, 2.05) is 0 Å². The second-order valence-corrected chi connectivity index (χ2v) is 8.17. The molecule has 7 nitrogen and oxygen atoms in total. The number of ether oxygens (including phenoxy) is 2. The number of carbonyl (C=O) groups excluding carboxylic acids is 1. The Labute approximate surface area is 161 Å². The lowest BCUT2D eigenvalue weighted by Gasteiger charge is -2.41. The largest absolute Gasteiger partial charge is 0.477 e. The van der Waals surface area contributed by atoms with Gasteiger partial charge in [-0.2, -0.15) is 13.2 Å². The minimum Gasteiger partial charge on any atom is -0.477 e. The molecule has 1 aromatic heterocycles. The third kappa shape index (κ3) is 4.53. The Morgan fingerprint density at radius 1 is 1.36 bits per heavy atom. The molecule has 0 bridgehead atoms. The van der Waals surface area contributed by atoms with E-state index >= 15 is 0 Å². The van der Waals surface area contributed by atoms with Gasteiger partial charge in [-0.3, -0.25) is 0 Å². The summed E-state index contributed by atoms with van der Waals surface area (Å²) in [6.45, 7) is 5.44. The number of fused-ring (bicyclic) bond motifs is 1. The van der Waals surface area contributed by atoms with Crippen molar-refractivity contribution in [3.05, 3.63) is 11.8 Å². The van der Waals surface area contributed by atoms with Crippen molar-refractivity contribution in [2.45, 2.75) is 51.4 Å². The lowest BCUT2D eigenvalue weighted by Crippen LogP contribution is -2.54. The monoisotopic (exact) mass is 402 g/mol. The van der Waals surface area contributed by atoms with E-state index in [0.717, 1.165) is 0 Å². The van der Waals surface area contributed by atoms with E-state index in [0.29, 0.717) is 35.8 Å². The zero-order valence-electron chi connectivity index (χ0n) is 16.1. The van der Waals surface area contributed by atoms with Gasteiger partial charge in [-0.25, -0.2) is 9.78 Å². The number of nitrogens with one attached hydrogen (secondary N) is 1. The van der Waals surface area contributed by atoms with Crippen LogP contribution in [0.1, 0.15) is 32.8 Å². The van der Waals surface area contributed by atoms with Gasteiger partial charge in [-0.15, -0.1) is 0 Å². The molecule has 0 aliphatic carbocycles. The summed E-state index contributed by atoms with van der Waals surface area (Å²) in [5.41, 5.74) is 6.82. The summed E-state index contributed by atoms with van der Waals surface area (Å²) in [5, 5.41) is 2.57. The molecule has 1 unspecified atom stereocenters. The number of aromatic nitrogens is 1. The highest BCUT2D eigenvalue weighted by molar-refractivity contribution is 5.74. The van der Waals surface area contributed by atoms with Crippen LogP contribution < -0.4 is 20.7 Å². The van der Waals surface area contributed by atoms with Crippen LogP contribution in [0.3, 0.4) is 0 Å². The van der Waals surface area contributed by atoms with Gasteiger partial charge in [-0.05, 0) is 27.2 Å². The fraction of sp³-hybridized carbons (Fsp3) is 0.667. The van der Waals surface area contributed by atoms with E-state index in [9.17, 15) is 18.0 Å². The number of nitrogen functional groups attached to an aromatic ring is 1. The number of piperidine rings is 1. The van der Waals surface area contributed by atoms with E-state index in [-0.39, 0.29) is 19.5 Å². The zero-order valence-corrected chi connectivity index (χ0v) is 16.1. The number of halogens is 3. The Morgan fingerprint density at radius 3 is 2.71 bits per heavy atom. The number of amides is 1. The van der Waals surface area contributed by atoms with Crippen molar-refractivity contribution in [3.8, 4) is 5.88 Å². The summed E-state index contributed by atoms with van der Waals surface area (Å²) in [5.74, 6) is -1.21. The van der Waals surface area contributed by atoms with E-state index in [2.05, 4.69) is 10.3 Å². The van der Waals surface area contributed by atoms with E-state index < -0.39 is 29.8 Å². The number of nitrogens with zero attached hydrogens (tertiary/aromatic N) is 2. The second kappa shape index (κ2) is 7.21. The normalized spacial score (nSPS) is 22.4. The molecule has 28 heavy (non-hydrogen) atoms. The fourth-order valence-corrected chi connectivity index (χ4v) is 3.61. The van der Waals surface area contributed by atoms with Gasteiger partial charge in [0, 0.05) is 25.1 Å². The highest BCUT2D eigenvalue weighted by Crippen LogP contribution is 2.41. The maximum absolute atomic E-state index is 13.5. The Kier molecular flexibility index (Phi) is 5.24. The molecular formula is C18H25F3N4O3. The number of pyridine rings is 1. The summed E-state index contributed by atoms with van der Waals surface area (Å²) in [6, 6.07) is -0.735. The lowest BCUT2D eigenvalue weighted by molar-refractivity contribution is -0.177. The molecule has 0 saturated carbocycles. The number of nitrogens with two attached hydrogens (primary N) is 1.